The average molecular weight is 234 g/mol. The maximum absolute atomic E-state index is 4.26. The van der Waals surface area contributed by atoms with Gasteiger partial charge in [0, 0.05) is 43.5 Å². The summed E-state index contributed by atoms with van der Waals surface area (Å²) in [6.45, 7) is 5.29. The second-order valence-corrected chi connectivity index (χ2v) is 4.27. The second kappa shape index (κ2) is 5.46. The van der Waals surface area contributed by atoms with Gasteiger partial charge in [0.1, 0.15) is 0 Å². The molecule has 0 saturated heterocycles. The highest BCUT2D eigenvalue weighted by molar-refractivity contribution is 7.09. The number of thiazole rings is 1. The predicted octanol–water partition coefficient (Wildman–Crippen LogP) is 2.18. The summed E-state index contributed by atoms with van der Waals surface area (Å²) in [5.74, 6) is 0.886. The molecule has 2 heterocycles. The van der Waals surface area contributed by atoms with E-state index in [-0.39, 0.29) is 0 Å². The summed E-state index contributed by atoms with van der Waals surface area (Å²) in [7, 11) is 0. The second-order valence-electron chi connectivity index (χ2n) is 3.29. The summed E-state index contributed by atoms with van der Waals surface area (Å²) < 4.78 is 2.09. The molecule has 0 spiro atoms. The van der Waals surface area contributed by atoms with Gasteiger partial charge in [0.15, 0.2) is 0 Å². The van der Waals surface area contributed by atoms with Crippen molar-refractivity contribution in [3.05, 3.63) is 41.6 Å². The summed E-state index contributed by atoms with van der Waals surface area (Å²) in [4.78, 5) is 8.50. The number of nitrogens with one attached hydrogen (secondary N) is 1. The van der Waals surface area contributed by atoms with Gasteiger partial charge < -0.3 is 9.88 Å². The van der Waals surface area contributed by atoms with E-state index in [0.29, 0.717) is 0 Å². The lowest BCUT2D eigenvalue weighted by molar-refractivity contribution is 0.698. The van der Waals surface area contributed by atoms with E-state index in [0.717, 1.165) is 30.5 Å². The quantitative estimate of drug-likeness (QED) is 0.779. The molecule has 0 aliphatic rings. The van der Waals surface area contributed by atoms with Crippen LogP contribution in [-0.4, -0.2) is 21.1 Å². The lowest BCUT2D eigenvalue weighted by Gasteiger charge is -2.07. The molecular formula is C11H14N4S. The van der Waals surface area contributed by atoms with E-state index in [4.69, 9.17) is 0 Å². The van der Waals surface area contributed by atoms with E-state index in [1.165, 1.54) is 0 Å². The fraction of sp³-hybridized carbons (Fsp3) is 0.273. The molecule has 0 aliphatic carbocycles. The molecule has 84 valence electrons. The minimum Gasteiger partial charge on any atom is -0.352 e. The first kappa shape index (κ1) is 10.9. The van der Waals surface area contributed by atoms with Crippen molar-refractivity contribution in [1.29, 1.82) is 0 Å². The van der Waals surface area contributed by atoms with Crippen LogP contribution in [0.4, 0.5) is 5.95 Å². The third-order valence-corrected chi connectivity index (χ3v) is 3.01. The van der Waals surface area contributed by atoms with Crippen LogP contribution in [0.15, 0.2) is 36.6 Å². The van der Waals surface area contributed by atoms with Gasteiger partial charge in [-0.25, -0.2) is 9.97 Å². The van der Waals surface area contributed by atoms with Crippen LogP contribution in [0.2, 0.25) is 0 Å². The fourth-order valence-electron chi connectivity index (χ4n) is 1.41. The largest absolute Gasteiger partial charge is 0.352 e. The molecule has 4 nitrogen and oxygen atoms in total. The molecule has 0 aromatic carbocycles. The highest BCUT2D eigenvalue weighted by Crippen LogP contribution is 2.09. The Labute approximate surface area is 98.7 Å². The molecule has 0 aliphatic heterocycles. The fourth-order valence-corrected chi connectivity index (χ4v) is 2.02. The number of nitrogens with zero attached hydrogens (tertiary/aromatic N) is 3. The Morgan fingerprint density at radius 1 is 1.44 bits per heavy atom. The van der Waals surface area contributed by atoms with Crippen molar-refractivity contribution in [3.8, 4) is 0 Å². The molecule has 0 amide bonds. The number of hydrogen-bond acceptors (Lipinski definition) is 4. The molecular weight excluding hydrogens is 220 g/mol. The van der Waals surface area contributed by atoms with E-state index < -0.39 is 0 Å². The van der Waals surface area contributed by atoms with Gasteiger partial charge in [-0.1, -0.05) is 6.08 Å². The predicted molar refractivity (Wildman–Crippen MR) is 66.7 cm³/mol. The Balaban J connectivity index is 1.93. The van der Waals surface area contributed by atoms with Crippen LogP contribution in [0.25, 0.3) is 0 Å². The number of anilines is 1. The van der Waals surface area contributed by atoms with Crippen LogP contribution in [0.3, 0.4) is 0 Å². The monoisotopic (exact) mass is 234 g/mol. The number of aryl methyl sites for hydroxylation is 2. The Morgan fingerprint density at radius 3 is 3.12 bits per heavy atom. The Hall–Kier alpha value is -1.62. The highest BCUT2D eigenvalue weighted by Gasteiger charge is 2.02. The van der Waals surface area contributed by atoms with E-state index >= 15 is 0 Å². The zero-order chi connectivity index (χ0) is 11.2. The molecule has 0 bridgehead atoms. The van der Waals surface area contributed by atoms with Crippen molar-refractivity contribution >= 4 is 17.3 Å². The van der Waals surface area contributed by atoms with Crippen molar-refractivity contribution in [1.82, 2.24) is 14.5 Å². The third-order valence-electron chi connectivity index (χ3n) is 2.17. The number of aromatic nitrogens is 3. The summed E-state index contributed by atoms with van der Waals surface area (Å²) in [5, 5.41) is 6.35. The van der Waals surface area contributed by atoms with Crippen molar-refractivity contribution in [2.75, 3.05) is 11.9 Å². The summed E-state index contributed by atoms with van der Waals surface area (Å²) in [5.41, 5.74) is 0. The van der Waals surface area contributed by atoms with Crippen molar-refractivity contribution in [2.24, 2.45) is 0 Å². The van der Waals surface area contributed by atoms with Crippen LogP contribution in [0.5, 0.6) is 0 Å². The van der Waals surface area contributed by atoms with Gasteiger partial charge in [-0.3, -0.25) is 0 Å². The number of rotatable bonds is 6. The Morgan fingerprint density at radius 2 is 2.38 bits per heavy atom. The molecule has 5 heteroatoms. The molecule has 0 unspecified atom stereocenters. The van der Waals surface area contributed by atoms with Gasteiger partial charge in [0.05, 0.1) is 5.01 Å². The molecule has 0 atom stereocenters. The number of hydrogen-bond donors (Lipinski definition) is 1. The maximum atomic E-state index is 4.26. The third kappa shape index (κ3) is 2.70. The number of imidazole rings is 1. The van der Waals surface area contributed by atoms with Crippen molar-refractivity contribution in [3.63, 3.8) is 0 Å². The molecule has 2 rings (SSSR count). The molecule has 2 aromatic heterocycles. The van der Waals surface area contributed by atoms with Crippen LogP contribution < -0.4 is 5.32 Å². The molecule has 1 N–H and O–H groups in total. The van der Waals surface area contributed by atoms with E-state index in [9.17, 15) is 0 Å². The standard InChI is InChI=1S/C11H14N4S/c1-2-4-13-11-14-5-8-15(11)7-3-10-12-6-9-16-10/h2,5-6,8-9H,1,3-4,7H2,(H,13,14). The molecule has 0 saturated carbocycles. The van der Waals surface area contributed by atoms with Gasteiger partial charge in [-0.15, -0.1) is 17.9 Å². The average Bonchev–Trinajstić information content (AvgIpc) is 2.94. The minimum absolute atomic E-state index is 0.730. The lowest BCUT2D eigenvalue weighted by atomic mass is 10.4. The maximum Gasteiger partial charge on any atom is 0.203 e. The first-order valence-electron chi connectivity index (χ1n) is 5.14. The van der Waals surface area contributed by atoms with Gasteiger partial charge in [-0.2, -0.15) is 0 Å². The summed E-state index contributed by atoms with van der Waals surface area (Å²) >= 11 is 1.69. The minimum atomic E-state index is 0.730. The Bertz CT molecular complexity index is 433. The smallest absolute Gasteiger partial charge is 0.203 e. The van der Waals surface area contributed by atoms with Gasteiger partial charge >= 0.3 is 0 Å². The Kier molecular flexibility index (Phi) is 3.71. The summed E-state index contributed by atoms with van der Waals surface area (Å²) in [6.07, 6.45) is 8.37. The normalized spacial score (nSPS) is 10.2. The van der Waals surface area contributed by atoms with Crippen LogP contribution in [0.1, 0.15) is 5.01 Å². The van der Waals surface area contributed by atoms with Crippen molar-refractivity contribution < 1.29 is 0 Å². The van der Waals surface area contributed by atoms with Gasteiger partial charge in [0.2, 0.25) is 5.95 Å². The van der Waals surface area contributed by atoms with Crippen LogP contribution in [-0.2, 0) is 13.0 Å². The zero-order valence-electron chi connectivity index (χ0n) is 8.97. The molecule has 16 heavy (non-hydrogen) atoms. The topological polar surface area (TPSA) is 42.7 Å². The molecule has 0 fully saturated rings. The van der Waals surface area contributed by atoms with E-state index in [1.807, 2.05) is 23.8 Å². The van der Waals surface area contributed by atoms with Crippen LogP contribution >= 0.6 is 11.3 Å². The van der Waals surface area contributed by atoms with Gasteiger partial charge in [-0.05, 0) is 0 Å². The molecule has 0 radical (unpaired) electrons. The summed E-state index contributed by atoms with van der Waals surface area (Å²) in [6, 6.07) is 0. The van der Waals surface area contributed by atoms with Crippen LogP contribution in [0, 0.1) is 0 Å². The van der Waals surface area contributed by atoms with E-state index in [2.05, 4.69) is 26.4 Å². The first-order chi connectivity index (χ1) is 7.90. The lowest BCUT2D eigenvalue weighted by Crippen LogP contribution is -2.08. The zero-order valence-corrected chi connectivity index (χ0v) is 9.78. The van der Waals surface area contributed by atoms with Gasteiger partial charge in [0.25, 0.3) is 0 Å². The van der Waals surface area contributed by atoms with Crippen molar-refractivity contribution in [2.45, 2.75) is 13.0 Å². The highest BCUT2D eigenvalue weighted by atomic mass is 32.1. The molecule has 2 aromatic rings. The first-order valence-corrected chi connectivity index (χ1v) is 6.02. The SMILES string of the molecule is C=CCNc1nccn1CCc1nccs1. The van der Waals surface area contributed by atoms with E-state index in [1.54, 1.807) is 17.5 Å².